The molecular formula is C19H22N4OS. The average molecular weight is 354 g/mol. The van der Waals surface area contributed by atoms with Crippen LogP contribution < -0.4 is 0 Å². The van der Waals surface area contributed by atoms with E-state index in [-0.39, 0.29) is 11.9 Å². The Bertz CT molecular complexity index is 840. The molecule has 0 radical (unpaired) electrons. The Hall–Kier alpha value is -2.47. The van der Waals surface area contributed by atoms with Crippen molar-refractivity contribution in [2.24, 2.45) is 0 Å². The summed E-state index contributed by atoms with van der Waals surface area (Å²) in [6.07, 6.45) is 1.23. The summed E-state index contributed by atoms with van der Waals surface area (Å²) in [6, 6.07) is 12.0. The van der Waals surface area contributed by atoms with Crippen molar-refractivity contribution >= 4 is 17.2 Å². The van der Waals surface area contributed by atoms with Crippen LogP contribution in [0.4, 0.5) is 0 Å². The molecule has 0 spiro atoms. The van der Waals surface area contributed by atoms with Gasteiger partial charge < -0.3 is 4.90 Å². The number of thiazole rings is 1. The Kier molecular flexibility index (Phi) is 5.28. The molecular weight excluding hydrogens is 332 g/mol. The van der Waals surface area contributed by atoms with Gasteiger partial charge in [-0.05, 0) is 26.3 Å². The van der Waals surface area contributed by atoms with Crippen molar-refractivity contribution in [3.8, 4) is 11.3 Å². The standard InChI is InChI=1S/C19H22N4OS/c1-13-18(25-12-20-13)9-10-19(24)23(3)14(2)16-11-17(22-21-16)15-7-5-4-6-8-15/h4-8,11-12,14H,9-10H2,1-3H3,(H,21,22). The summed E-state index contributed by atoms with van der Waals surface area (Å²) >= 11 is 1.61. The molecule has 1 atom stereocenters. The van der Waals surface area contributed by atoms with Crippen LogP contribution in [0.2, 0.25) is 0 Å². The van der Waals surface area contributed by atoms with Gasteiger partial charge in [-0.2, -0.15) is 5.10 Å². The highest BCUT2D eigenvalue weighted by Crippen LogP contribution is 2.24. The first kappa shape index (κ1) is 17.4. The largest absolute Gasteiger partial charge is 0.337 e. The fourth-order valence-corrected chi connectivity index (χ4v) is 3.48. The van der Waals surface area contributed by atoms with Gasteiger partial charge in [0.2, 0.25) is 5.91 Å². The summed E-state index contributed by atoms with van der Waals surface area (Å²) < 4.78 is 0. The maximum Gasteiger partial charge on any atom is 0.223 e. The Morgan fingerprint density at radius 2 is 2.08 bits per heavy atom. The molecule has 0 aliphatic heterocycles. The molecule has 3 aromatic rings. The number of nitrogens with zero attached hydrogens (tertiary/aromatic N) is 3. The van der Waals surface area contributed by atoms with E-state index in [0.29, 0.717) is 6.42 Å². The van der Waals surface area contributed by atoms with Crippen molar-refractivity contribution < 1.29 is 4.79 Å². The van der Waals surface area contributed by atoms with Crippen molar-refractivity contribution in [2.45, 2.75) is 32.7 Å². The minimum absolute atomic E-state index is 0.0555. The van der Waals surface area contributed by atoms with E-state index in [4.69, 9.17) is 0 Å². The number of hydrogen-bond donors (Lipinski definition) is 1. The second kappa shape index (κ2) is 7.61. The minimum atomic E-state index is -0.0555. The van der Waals surface area contributed by atoms with Gasteiger partial charge in [0, 0.05) is 23.9 Å². The molecule has 2 aromatic heterocycles. The third kappa shape index (κ3) is 3.96. The van der Waals surface area contributed by atoms with E-state index >= 15 is 0 Å². The maximum absolute atomic E-state index is 12.5. The van der Waals surface area contributed by atoms with E-state index in [1.807, 2.05) is 62.8 Å². The van der Waals surface area contributed by atoms with Crippen molar-refractivity contribution in [2.75, 3.05) is 7.05 Å². The molecule has 0 saturated carbocycles. The van der Waals surface area contributed by atoms with Gasteiger partial charge in [-0.15, -0.1) is 11.3 Å². The summed E-state index contributed by atoms with van der Waals surface area (Å²) in [5.74, 6) is 0.121. The molecule has 5 nitrogen and oxygen atoms in total. The van der Waals surface area contributed by atoms with Crippen LogP contribution in [0.3, 0.4) is 0 Å². The summed E-state index contributed by atoms with van der Waals surface area (Å²) in [5.41, 5.74) is 5.74. The zero-order valence-corrected chi connectivity index (χ0v) is 15.5. The zero-order valence-electron chi connectivity index (χ0n) is 14.7. The number of benzene rings is 1. The number of H-pyrrole nitrogens is 1. The summed E-state index contributed by atoms with van der Waals surface area (Å²) in [4.78, 5) is 19.7. The second-order valence-corrected chi connectivity index (χ2v) is 7.06. The lowest BCUT2D eigenvalue weighted by Gasteiger charge is -2.23. The van der Waals surface area contributed by atoms with Crippen molar-refractivity contribution in [1.82, 2.24) is 20.1 Å². The van der Waals surface area contributed by atoms with Gasteiger partial charge in [0.1, 0.15) is 0 Å². The molecule has 1 N–H and O–H groups in total. The number of rotatable bonds is 6. The molecule has 0 bridgehead atoms. The fraction of sp³-hybridized carbons (Fsp3) is 0.316. The fourth-order valence-electron chi connectivity index (χ4n) is 2.69. The van der Waals surface area contributed by atoms with Crippen LogP contribution >= 0.6 is 11.3 Å². The van der Waals surface area contributed by atoms with Gasteiger partial charge in [0.25, 0.3) is 0 Å². The van der Waals surface area contributed by atoms with Gasteiger partial charge in [0.05, 0.1) is 28.6 Å². The zero-order chi connectivity index (χ0) is 17.8. The van der Waals surface area contributed by atoms with Crippen LogP contribution in [-0.2, 0) is 11.2 Å². The quantitative estimate of drug-likeness (QED) is 0.728. The molecule has 0 fully saturated rings. The van der Waals surface area contributed by atoms with Gasteiger partial charge >= 0.3 is 0 Å². The molecule has 0 aliphatic rings. The highest BCUT2D eigenvalue weighted by molar-refractivity contribution is 7.09. The number of aryl methyl sites for hydroxylation is 2. The smallest absolute Gasteiger partial charge is 0.223 e. The predicted molar refractivity (Wildman–Crippen MR) is 100 cm³/mol. The summed E-state index contributed by atoms with van der Waals surface area (Å²) in [6.45, 7) is 4.00. The lowest BCUT2D eigenvalue weighted by Crippen LogP contribution is -2.30. The van der Waals surface area contributed by atoms with E-state index in [1.54, 1.807) is 16.2 Å². The third-order valence-electron chi connectivity index (χ3n) is 4.50. The van der Waals surface area contributed by atoms with Crippen LogP contribution in [0, 0.1) is 6.92 Å². The Labute approximate surface area is 151 Å². The molecule has 3 rings (SSSR count). The van der Waals surface area contributed by atoms with Crippen LogP contribution in [-0.4, -0.2) is 33.0 Å². The first-order valence-corrected chi connectivity index (χ1v) is 9.19. The van der Waals surface area contributed by atoms with Crippen molar-refractivity contribution in [1.29, 1.82) is 0 Å². The van der Waals surface area contributed by atoms with Crippen molar-refractivity contribution in [3.05, 3.63) is 58.2 Å². The molecule has 1 unspecified atom stereocenters. The Morgan fingerprint density at radius 1 is 1.32 bits per heavy atom. The number of aromatic nitrogens is 3. The molecule has 130 valence electrons. The lowest BCUT2D eigenvalue weighted by atomic mass is 10.1. The molecule has 1 aromatic carbocycles. The summed E-state index contributed by atoms with van der Waals surface area (Å²) in [7, 11) is 1.84. The molecule has 1 amide bonds. The maximum atomic E-state index is 12.5. The molecule has 6 heteroatoms. The first-order chi connectivity index (χ1) is 12.1. The predicted octanol–water partition coefficient (Wildman–Crippen LogP) is 3.99. The van der Waals surface area contributed by atoms with Crippen LogP contribution in [0.1, 0.15) is 35.7 Å². The molecule has 2 heterocycles. The summed E-state index contributed by atoms with van der Waals surface area (Å²) in [5, 5.41) is 7.44. The van der Waals surface area contributed by atoms with E-state index in [0.717, 1.165) is 29.1 Å². The first-order valence-electron chi connectivity index (χ1n) is 8.31. The lowest BCUT2D eigenvalue weighted by molar-refractivity contribution is -0.131. The van der Waals surface area contributed by atoms with E-state index in [2.05, 4.69) is 15.2 Å². The van der Waals surface area contributed by atoms with Crippen molar-refractivity contribution in [3.63, 3.8) is 0 Å². The number of amides is 1. The molecule has 0 aliphatic carbocycles. The van der Waals surface area contributed by atoms with Crippen LogP contribution in [0.25, 0.3) is 11.3 Å². The normalized spacial score (nSPS) is 12.1. The number of carbonyl (C=O) groups is 1. The highest BCUT2D eigenvalue weighted by Gasteiger charge is 2.20. The number of nitrogens with one attached hydrogen (secondary N) is 1. The molecule has 25 heavy (non-hydrogen) atoms. The van der Waals surface area contributed by atoms with E-state index in [9.17, 15) is 4.79 Å². The number of aromatic amines is 1. The number of hydrogen-bond acceptors (Lipinski definition) is 4. The topological polar surface area (TPSA) is 61.9 Å². The number of carbonyl (C=O) groups excluding carboxylic acids is 1. The van der Waals surface area contributed by atoms with Gasteiger partial charge in [-0.25, -0.2) is 4.98 Å². The van der Waals surface area contributed by atoms with Crippen LogP contribution in [0.15, 0.2) is 41.9 Å². The monoisotopic (exact) mass is 354 g/mol. The van der Waals surface area contributed by atoms with E-state index < -0.39 is 0 Å². The third-order valence-corrected chi connectivity index (χ3v) is 5.50. The average Bonchev–Trinajstić information content (AvgIpc) is 3.28. The van der Waals surface area contributed by atoms with Gasteiger partial charge in [-0.3, -0.25) is 9.89 Å². The Morgan fingerprint density at radius 3 is 2.76 bits per heavy atom. The minimum Gasteiger partial charge on any atom is -0.337 e. The second-order valence-electron chi connectivity index (χ2n) is 6.12. The highest BCUT2D eigenvalue weighted by atomic mass is 32.1. The van der Waals surface area contributed by atoms with Crippen LogP contribution in [0.5, 0.6) is 0 Å². The van der Waals surface area contributed by atoms with Gasteiger partial charge in [-0.1, -0.05) is 30.3 Å². The van der Waals surface area contributed by atoms with Gasteiger partial charge in [0.15, 0.2) is 0 Å². The Balaban J connectivity index is 1.64. The molecule has 0 saturated heterocycles. The van der Waals surface area contributed by atoms with E-state index in [1.165, 1.54) is 4.88 Å². The SMILES string of the molecule is Cc1ncsc1CCC(=O)N(C)C(C)c1cc(-c2ccccc2)n[nH]1.